The molecule has 1 fully saturated rings. The summed E-state index contributed by atoms with van der Waals surface area (Å²) in [4.78, 5) is 14.3. The van der Waals surface area contributed by atoms with E-state index in [1.54, 1.807) is 0 Å². The quantitative estimate of drug-likeness (QED) is 0.777. The number of carbonyl (C=O) groups is 1. The maximum Gasteiger partial charge on any atom is 0.232 e. The van der Waals surface area contributed by atoms with Crippen LogP contribution in [0.5, 0.6) is 0 Å². The molecule has 140 valence electrons. The minimum Gasteiger partial charge on any atom is -0.342 e. The van der Waals surface area contributed by atoms with Gasteiger partial charge >= 0.3 is 0 Å². The summed E-state index contributed by atoms with van der Waals surface area (Å²) < 4.78 is 25.7. The molecule has 0 N–H and O–H groups in total. The van der Waals surface area contributed by atoms with E-state index in [0.717, 1.165) is 31.5 Å². The SMILES string of the molecule is CC1CCCN(C(=O)CCN(c2ccc(C(C)C)cc2)S(C)(=O)=O)C1. The first-order valence-corrected chi connectivity index (χ1v) is 10.9. The fourth-order valence-electron chi connectivity index (χ4n) is 3.28. The van der Waals surface area contributed by atoms with Crippen molar-refractivity contribution in [1.29, 1.82) is 0 Å². The molecule has 0 aliphatic carbocycles. The lowest BCUT2D eigenvalue weighted by Crippen LogP contribution is -2.41. The second kappa shape index (κ2) is 8.21. The van der Waals surface area contributed by atoms with Gasteiger partial charge in [0.25, 0.3) is 0 Å². The predicted molar refractivity (Wildman–Crippen MR) is 102 cm³/mol. The first-order chi connectivity index (χ1) is 11.7. The number of hydrogen-bond acceptors (Lipinski definition) is 3. The van der Waals surface area contributed by atoms with Crippen molar-refractivity contribution in [2.24, 2.45) is 5.92 Å². The van der Waals surface area contributed by atoms with Crippen LogP contribution >= 0.6 is 0 Å². The second-order valence-electron chi connectivity index (χ2n) is 7.42. The van der Waals surface area contributed by atoms with Gasteiger partial charge in [0.15, 0.2) is 0 Å². The average Bonchev–Trinajstić information content (AvgIpc) is 2.54. The monoisotopic (exact) mass is 366 g/mol. The molecule has 1 aromatic rings. The molecule has 0 bridgehead atoms. The van der Waals surface area contributed by atoms with E-state index in [1.165, 1.54) is 10.6 Å². The molecule has 0 aromatic heterocycles. The zero-order valence-corrected chi connectivity index (χ0v) is 16.6. The number of nitrogens with zero attached hydrogens (tertiary/aromatic N) is 2. The highest BCUT2D eigenvalue weighted by molar-refractivity contribution is 7.92. The number of anilines is 1. The number of likely N-dealkylation sites (tertiary alicyclic amines) is 1. The first kappa shape index (κ1) is 19.8. The molecule has 1 aliphatic heterocycles. The highest BCUT2D eigenvalue weighted by atomic mass is 32.2. The summed E-state index contributed by atoms with van der Waals surface area (Å²) in [6, 6.07) is 7.55. The van der Waals surface area contributed by atoms with Gasteiger partial charge in [0, 0.05) is 26.1 Å². The van der Waals surface area contributed by atoms with Crippen molar-refractivity contribution in [3.63, 3.8) is 0 Å². The molecular formula is C19H30N2O3S. The van der Waals surface area contributed by atoms with Crippen LogP contribution < -0.4 is 4.31 Å². The number of rotatable bonds is 6. The van der Waals surface area contributed by atoms with Crippen LogP contribution in [0.25, 0.3) is 0 Å². The van der Waals surface area contributed by atoms with Crippen LogP contribution in [-0.2, 0) is 14.8 Å². The highest BCUT2D eigenvalue weighted by Crippen LogP contribution is 2.23. The molecular weight excluding hydrogens is 336 g/mol. The lowest BCUT2D eigenvalue weighted by Gasteiger charge is -2.32. The topological polar surface area (TPSA) is 57.7 Å². The van der Waals surface area contributed by atoms with Gasteiger partial charge in [-0.1, -0.05) is 32.9 Å². The van der Waals surface area contributed by atoms with Crippen LogP contribution in [-0.4, -0.2) is 45.1 Å². The molecule has 6 heteroatoms. The summed E-state index contributed by atoms with van der Waals surface area (Å²) in [6.07, 6.45) is 3.59. The average molecular weight is 367 g/mol. The van der Waals surface area contributed by atoms with Gasteiger partial charge in [-0.25, -0.2) is 8.42 Å². The standard InChI is InChI=1S/C19H30N2O3S/c1-15(2)17-7-9-18(10-8-17)21(25(4,23)24)13-11-19(22)20-12-5-6-16(3)14-20/h7-10,15-16H,5-6,11-14H2,1-4H3. The van der Waals surface area contributed by atoms with Crippen LogP contribution in [0.1, 0.15) is 51.5 Å². The molecule has 2 rings (SSSR count). The molecule has 1 atom stereocenters. The molecule has 5 nitrogen and oxygen atoms in total. The maximum atomic E-state index is 12.5. The third kappa shape index (κ3) is 5.46. The van der Waals surface area contributed by atoms with Gasteiger partial charge in [-0.15, -0.1) is 0 Å². The zero-order chi connectivity index (χ0) is 18.6. The van der Waals surface area contributed by atoms with E-state index in [-0.39, 0.29) is 18.9 Å². The highest BCUT2D eigenvalue weighted by Gasteiger charge is 2.23. The van der Waals surface area contributed by atoms with E-state index >= 15 is 0 Å². The molecule has 25 heavy (non-hydrogen) atoms. The Bertz CT molecular complexity index is 683. The van der Waals surface area contributed by atoms with Gasteiger partial charge in [0.1, 0.15) is 0 Å². The molecule has 1 unspecified atom stereocenters. The summed E-state index contributed by atoms with van der Waals surface area (Å²) in [5.74, 6) is 0.953. The summed E-state index contributed by atoms with van der Waals surface area (Å²) in [5, 5.41) is 0. The molecule has 1 saturated heterocycles. The smallest absolute Gasteiger partial charge is 0.232 e. The van der Waals surface area contributed by atoms with Crippen molar-refractivity contribution in [2.75, 3.05) is 30.2 Å². The third-order valence-corrected chi connectivity index (χ3v) is 5.98. The summed E-state index contributed by atoms with van der Waals surface area (Å²) in [7, 11) is -3.43. The van der Waals surface area contributed by atoms with Crippen LogP contribution in [0, 0.1) is 5.92 Å². The number of benzene rings is 1. The fraction of sp³-hybridized carbons (Fsp3) is 0.632. The van der Waals surface area contributed by atoms with Crippen LogP contribution in [0.2, 0.25) is 0 Å². The zero-order valence-electron chi connectivity index (χ0n) is 15.7. The van der Waals surface area contributed by atoms with E-state index in [0.29, 0.717) is 17.5 Å². The maximum absolute atomic E-state index is 12.5. The van der Waals surface area contributed by atoms with Crippen LogP contribution in [0.4, 0.5) is 5.69 Å². The van der Waals surface area contributed by atoms with Crippen molar-refractivity contribution < 1.29 is 13.2 Å². The van der Waals surface area contributed by atoms with Gasteiger partial charge in [-0.2, -0.15) is 0 Å². The number of hydrogen-bond donors (Lipinski definition) is 0. The van der Waals surface area contributed by atoms with Gasteiger partial charge in [0.05, 0.1) is 11.9 Å². The second-order valence-corrected chi connectivity index (χ2v) is 9.33. The van der Waals surface area contributed by atoms with E-state index in [2.05, 4.69) is 20.8 Å². The Balaban J connectivity index is 2.07. The van der Waals surface area contributed by atoms with Crippen LogP contribution in [0.15, 0.2) is 24.3 Å². The molecule has 0 spiro atoms. The Morgan fingerprint density at radius 1 is 1.28 bits per heavy atom. The van der Waals surface area contributed by atoms with Crippen molar-refractivity contribution in [3.05, 3.63) is 29.8 Å². The normalized spacial score (nSPS) is 18.4. The Morgan fingerprint density at radius 2 is 1.92 bits per heavy atom. The van der Waals surface area contributed by atoms with Crippen molar-refractivity contribution in [2.45, 2.75) is 46.0 Å². The van der Waals surface area contributed by atoms with Gasteiger partial charge in [0.2, 0.25) is 15.9 Å². The first-order valence-electron chi connectivity index (χ1n) is 9.04. The fourth-order valence-corrected chi connectivity index (χ4v) is 4.21. The lowest BCUT2D eigenvalue weighted by atomic mass is 10.00. The largest absolute Gasteiger partial charge is 0.342 e. The minimum absolute atomic E-state index is 0.0407. The molecule has 1 aromatic carbocycles. The van der Waals surface area contributed by atoms with Crippen LogP contribution in [0.3, 0.4) is 0 Å². The number of piperidine rings is 1. The van der Waals surface area contributed by atoms with E-state index in [9.17, 15) is 13.2 Å². The summed E-state index contributed by atoms with van der Waals surface area (Å²) in [5.41, 5.74) is 1.78. The Hall–Kier alpha value is -1.56. The minimum atomic E-state index is -3.43. The molecule has 1 aliphatic rings. The molecule has 1 heterocycles. The summed E-state index contributed by atoms with van der Waals surface area (Å²) in [6.45, 7) is 8.09. The number of amides is 1. The molecule has 1 amide bonds. The van der Waals surface area contributed by atoms with E-state index in [4.69, 9.17) is 0 Å². The number of sulfonamides is 1. The molecule has 0 saturated carbocycles. The number of carbonyl (C=O) groups excluding carboxylic acids is 1. The predicted octanol–water partition coefficient (Wildman–Crippen LogP) is 3.22. The van der Waals surface area contributed by atoms with Gasteiger partial charge in [-0.3, -0.25) is 9.10 Å². The van der Waals surface area contributed by atoms with Crippen molar-refractivity contribution in [1.82, 2.24) is 4.90 Å². The lowest BCUT2D eigenvalue weighted by molar-refractivity contribution is -0.132. The van der Waals surface area contributed by atoms with Crippen molar-refractivity contribution in [3.8, 4) is 0 Å². The van der Waals surface area contributed by atoms with Gasteiger partial charge in [-0.05, 0) is 42.4 Å². The molecule has 0 radical (unpaired) electrons. The Kier molecular flexibility index (Phi) is 6.49. The van der Waals surface area contributed by atoms with E-state index < -0.39 is 10.0 Å². The summed E-state index contributed by atoms with van der Waals surface area (Å²) >= 11 is 0. The Morgan fingerprint density at radius 3 is 2.44 bits per heavy atom. The Labute approximate surface area is 152 Å². The van der Waals surface area contributed by atoms with E-state index in [1.807, 2.05) is 29.2 Å². The third-order valence-electron chi connectivity index (χ3n) is 4.79. The van der Waals surface area contributed by atoms with Gasteiger partial charge < -0.3 is 4.90 Å². The van der Waals surface area contributed by atoms with Crippen molar-refractivity contribution >= 4 is 21.6 Å².